The summed E-state index contributed by atoms with van der Waals surface area (Å²) in [6, 6.07) is 5.81. The lowest BCUT2D eigenvalue weighted by atomic mass is 10.2. The van der Waals surface area contributed by atoms with Crippen LogP contribution in [0.3, 0.4) is 0 Å². The highest BCUT2D eigenvalue weighted by Crippen LogP contribution is 2.30. The molecule has 1 amide bonds. The molecule has 2 fully saturated rings. The lowest BCUT2D eigenvalue weighted by Gasteiger charge is -2.22. The molecule has 1 atom stereocenters. The smallest absolute Gasteiger partial charge is 0.228 e. The first-order valence-corrected chi connectivity index (χ1v) is 9.34. The summed E-state index contributed by atoms with van der Waals surface area (Å²) < 4.78 is 6.23. The molecule has 0 aromatic carbocycles. The van der Waals surface area contributed by atoms with Gasteiger partial charge in [-0.3, -0.25) is 9.89 Å². The number of aromatic amines is 1. The Morgan fingerprint density at radius 2 is 2.19 bits per heavy atom. The van der Waals surface area contributed by atoms with E-state index in [1.807, 2.05) is 36.2 Å². The molecule has 2 saturated heterocycles. The van der Waals surface area contributed by atoms with E-state index in [1.165, 1.54) is 12.8 Å². The summed E-state index contributed by atoms with van der Waals surface area (Å²) in [7, 11) is 0. The van der Waals surface area contributed by atoms with Crippen molar-refractivity contribution >= 4 is 11.7 Å². The lowest BCUT2D eigenvalue weighted by molar-refractivity contribution is -0.129. The minimum Gasteiger partial charge on any atom is -0.485 e. The number of carbonyl (C=O) groups excluding carboxylic acids is 1. The first kappa shape index (κ1) is 16.9. The van der Waals surface area contributed by atoms with Gasteiger partial charge in [-0.25, -0.2) is 4.98 Å². The second-order valence-electron chi connectivity index (χ2n) is 7.11. The summed E-state index contributed by atoms with van der Waals surface area (Å²) in [6.45, 7) is 5.35. The second-order valence-corrected chi connectivity index (χ2v) is 7.11. The standard InChI is InChI=1S/C19H25N5O2/c1-14-11-15(22-21-14)12-18(25)24-10-6-16(13-24)26-17-5-4-7-20-19(17)23-8-2-3-9-23/h4-5,7,11,16H,2-3,6,8-10,12-13H2,1H3,(H,21,22). The van der Waals surface area contributed by atoms with Crippen LogP contribution in [0.4, 0.5) is 5.82 Å². The number of aromatic nitrogens is 3. The third-order valence-electron chi connectivity index (χ3n) is 5.04. The van der Waals surface area contributed by atoms with Gasteiger partial charge in [-0.15, -0.1) is 0 Å². The Hall–Kier alpha value is -2.57. The third kappa shape index (κ3) is 3.66. The molecule has 4 heterocycles. The monoisotopic (exact) mass is 355 g/mol. The highest BCUT2D eigenvalue weighted by molar-refractivity contribution is 5.78. The summed E-state index contributed by atoms with van der Waals surface area (Å²) in [5.74, 6) is 1.87. The summed E-state index contributed by atoms with van der Waals surface area (Å²) in [6.07, 6.45) is 5.42. The SMILES string of the molecule is Cc1cc(CC(=O)N2CCC(Oc3cccnc3N3CCCC3)C2)n[nH]1. The average Bonchev–Trinajstić information content (AvgIpc) is 3.38. The van der Waals surface area contributed by atoms with Crippen molar-refractivity contribution in [2.24, 2.45) is 0 Å². The van der Waals surface area contributed by atoms with E-state index in [2.05, 4.69) is 20.1 Å². The molecule has 0 aliphatic carbocycles. The Kier molecular flexibility index (Phi) is 4.77. The topological polar surface area (TPSA) is 74.4 Å². The minimum absolute atomic E-state index is 0.0189. The van der Waals surface area contributed by atoms with Gasteiger partial charge in [-0.2, -0.15) is 5.10 Å². The minimum atomic E-state index is 0.0189. The van der Waals surface area contributed by atoms with E-state index in [-0.39, 0.29) is 12.0 Å². The van der Waals surface area contributed by atoms with Crippen molar-refractivity contribution in [2.75, 3.05) is 31.1 Å². The zero-order valence-electron chi connectivity index (χ0n) is 15.1. The van der Waals surface area contributed by atoms with Gasteiger partial charge in [-0.05, 0) is 38.0 Å². The van der Waals surface area contributed by atoms with Crippen LogP contribution >= 0.6 is 0 Å². The number of aryl methyl sites for hydroxylation is 1. The fourth-order valence-electron chi connectivity index (χ4n) is 3.70. The van der Waals surface area contributed by atoms with E-state index in [0.717, 1.165) is 49.0 Å². The van der Waals surface area contributed by atoms with Crippen molar-refractivity contribution in [3.05, 3.63) is 35.8 Å². The van der Waals surface area contributed by atoms with E-state index in [9.17, 15) is 4.79 Å². The summed E-state index contributed by atoms with van der Waals surface area (Å²) in [4.78, 5) is 21.2. The fraction of sp³-hybridized carbons (Fsp3) is 0.526. The van der Waals surface area contributed by atoms with E-state index in [4.69, 9.17) is 4.74 Å². The maximum Gasteiger partial charge on any atom is 0.228 e. The molecule has 0 bridgehead atoms. The number of rotatable bonds is 5. The molecule has 4 rings (SSSR count). The fourth-order valence-corrected chi connectivity index (χ4v) is 3.70. The molecule has 138 valence electrons. The van der Waals surface area contributed by atoms with E-state index < -0.39 is 0 Å². The molecule has 2 aliphatic rings. The first-order chi connectivity index (χ1) is 12.7. The van der Waals surface area contributed by atoms with Crippen LogP contribution in [-0.2, 0) is 11.2 Å². The molecular weight excluding hydrogens is 330 g/mol. The zero-order chi connectivity index (χ0) is 17.9. The maximum atomic E-state index is 12.5. The predicted octanol–water partition coefficient (Wildman–Crippen LogP) is 1.94. The highest BCUT2D eigenvalue weighted by atomic mass is 16.5. The van der Waals surface area contributed by atoms with Crippen LogP contribution in [0.1, 0.15) is 30.7 Å². The number of nitrogens with zero attached hydrogens (tertiary/aromatic N) is 4. The van der Waals surface area contributed by atoms with Crippen molar-refractivity contribution in [1.82, 2.24) is 20.1 Å². The molecule has 0 radical (unpaired) electrons. The van der Waals surface area contributed by atoms with Gasteiger partial charge in [0.1, 0.15) is 6.10 Å². The predicted molar refractivity (Wildman–Crippen MR) is 98.3 cm³/mol. The van der Waals surface area contributed by atoms with E-state index in [1.54, 1.807) is 0 Å². The molecule has 7 nitrogen and oxygen atoms in total. The van der Waals surface area contributed by atoms with Crippen LogP contribution in [0.2, 0.25) is 0 Å². The van der Waals surface area contributed by atoms with Crippen molar-refractivity contribution in [3.63, 3.8) is 0 Å². The summed E-state index contributed by atoms with van der Waals surface area (Å²) >= 11 is 0. The number of amides is 1. The third-order valence-corrected chi connectivity index (χ3v) is 5.04. The first-order valence-electron chi connectivity index (χ1n) is 9.34. The maximum absolute atomic E-state index is 12.5. The molecule has 0 saturated carbocycles. The van der Waals surface area contributed by atoms with Gasteiger partial charge < -0.3 is 14.5 Å². The van der Waals surface area contributed by atoms with Gasteiger partial charge in [0.2, 0.25) is 5.91 Å². The number of nitrogens with one attached hydrogen (secondary N) is 1. The van der Waals surface area contributed by atoms with Crippen molar-refractivity contribution in [1.29, 1.82) is 0 Å². The van der Waals surface area contributed by atoms with Crippen LogP contribution in [0, 0.1) is 6.92 Å². The number of hydrogen-bond acceptors (Lipinski definition) is 5. The number of anilines is 1. The van der Waals surface area contributed by atoms with Crippen LogP contribution in [0.15, 0.2) is 24.4 Å². The molecule has 2 aliphatic heterocycles. The summed E-state index contributed by atoms with van der Waals surface area (Å²) in [5.41, 5.74) is 1.77. The summed E-state index contributed by atoms with van der Waals surface area (Å²) in [5, 5.41) is 7.03. The quantitative estimate of drug-likeness (QED) is 0.887. The van der Waals surface area contributed by atoms with Gasteiger partial charge in [-0.1, -0.05) is 0 Å². The van der Waals surface area contributed by atoms with Crippen molar-refractivity contribution < 1.29 is 9.53 Å². The molecule has 2 aromatic heterocycles. The molecule has 7 heteroatoms. The van der Waals surface area contributed by atoms with Crippen LogP contribution in [0.25, 0.3) is 0 Å². The number of pyridine rings is 1. The largest absolute Gasteiger partial charge is 0.485 e. The van der Waals surface area contributed by atoms with Gasteiger partial charge >= 0.3 is 0 Å². The number of carbonyl (C=O) groups is 1. The normalized spacial score (nSPS) is 20.0. The Balaban J connectivity index is 1.36. The molecule has 0 spiro atoms. The van der Waals surface area contributed by atoms with Crippen LogP contribution in [-0.4, -0.2) is 58.3 Å². The van der Waals surface area contributed by atoms with Gasteiger partial charge in [0, 0.05) is 37.9 Å². The molecular formula is C19H25N5O2. The Morgan fingerprint density at radius 1 is 1.35 bits per heavy atom. The molecule has 1 unspecified atom stereocenters. The van der Waals surface area contributed by atoms with Gasteiger partial charge in [0.05, 0.1) is 18.7 Å². The second kappa shape index (κ2) is 7.35. The number of H-pyrrole nitrogens is 1. The average molecular weight is 355 g/mol. The van der Waals surface area contributed by atoms with Crippen LogP contribution in [0.5, 0.6) is 5.75 Å². The zero-order valence-corrected chi connectivity index (χ0v) is 15.1. The number of ether oxygens (including phenoxy) is 1. The van der Waals surface area contributed by atoms with E-state index in [0.29, 0.717) is 13.0 Å². The highest BCUT2D eigenvalue weighted by Gasteiger charge is 2.29. The molecule has 2 aromatic rings. The van der Waals surface area contributed by atoms with E-state index >= 15 is 0 Å². The Bertz CT molecular complexity index is 769. The molecule has 26 heavy (non-hydrogen) atoms. The van der Waals surface area contributed by atoms with Crippen molar-refractivity contribution in [3.8, 4) is 5.75 Å². The number of hydrogen-bond donors (Lipinski definition) is 1. The van der Waals surface area contributed by atoms with Crippen LogP contribution < -0.4 is 9.64 Å². The van der Waals surface area contributed by atoms with Gasteiger partial charge in [0.15, 0.2) is 11.6 Å². The van der Waals surface area contributed by atoms with Gasteiger partial charge in [0.25, 0.3) is 0 Å². The Morgan fingerprint density at radius 3 is 2.96 bits per heavy atom. The Labute approximate surface area is 153 Å². The molecule has 1 N–H and O–H groups in total. The number of likely N-dealkylation sites (tertiary alicyclic amines) is 1. The lowest BCUT2D eigenvalue weighted by Crippen LogP contribution is -2.32. The van der Waals surface area contributed by atoms with Crippen molar-refractivity contribution in [2.45, 2.75) is 38.7 Å².